The minimum Gasteiger partial charge on any atom is -0.480 e. The van der Waals surface area contributed by atoms with Crippen LogP contribution in [-0.2, 0) is 11.3 Å². The number of nitrogens with two attached hydrogens (primary N) is 1. The van der Waals surface area contributed by atoms with Crippen LogP contribution in [0.15, 0.2) is 48.8 Å². The summed E-state index contributed by atoms with van der Waals surface area (Å²) in [6.45, 7) is 2.90. The van der Waals surface area contributed by atoms with Gasteiger partial charge >= 0.3 is 0 Å². The first kappa shape index (κ1) is 29.7. The number of ether oxygens (including phenoxy) is 2. The topological polar surface area (TPSA) is 137 Å². The van der Waals surface area contributed by atoms with E-state index >= 15 is 0 Å². The molecule has 0 aliphatic carbocycles. The highest BCUT2D eigenvalue weighted by Crippen LogP contribution is 2.42. The van der Waals surface area contributed by atoms with E-state index < -0.39 is 0 Å². The molecule has 5 rings (SSSR count). The molecule has 2 aromatic carbocycles. The number of aromatic nitrogens is 4. The van der Waals surface area contributed by atoms with E-state index in [-0.39, 0.29) is 18.0 Å². The SMILES string of the molecule is COc1nc(-c2cccc(-c3cccc(-c4cnc([C@@H](C)N)c(OC)n4)c3Cl)c2Cl)cnc1CNCC1CCC(=O)N1. The van der Waals surface area contributed by atoms with Crippen molar-refractivity contribution < 1.29 is 14.3 Å². The number of hydrogen-bond acceptors (Lipinski definition) is 9. The quantitative estimate of drug-likeness (QED) is 0.228. The van der Waals surface area contributed by atoms with E-state index in [9.17, 15) is 4.79 Å². The molecule has 1 amide bonds. The fourth-order valence-electron chi connectivity index (χ4n) is 4.86. The lowest BCUT2D eigenvalue weighted by Crippen LogP contribution is -2.35. The van der Waals surface area contributed by atoms with Crippen LogP contribution in [-0.4, -0.2) is 52.6 Å². The Morgan fingerprint density at radius 1 is 0.952 bits per heavy atom. The molecule has 1 aliphatic heterocycles. The van der Waals surface area contributed by atoms with E-state index in [1.54, 1.807) is 19.5 Å². The summed E-state index contributed by atoms with van der Waals surface area (Å²) in [6, 6.07) is 11.1. The lowest BCUT2D eigenvalue weighted by Gasteiger charge is -2.15. The Hall–Kier alpha value is -3.83. The number of amides is 1. The molecule has 12 heteroatoms. The van der Waals surface area contributed by atoms with Crippen molar-refractivity contribution in [2.24, 2.45) is 5.73 Å². The average molecular weight is 609 g/mol. The van der Waals surface area contributed by atoms with Crippen LogP contribution in [0.3, 0.4) is 0 Å². The molecule has 10 nitrogen and oxygen atoms in total. The fraction of sp³-hybridized carbons (Fsp3) is 0.300. The van der Waals surface area contributed by atoms with E-state index in [0.29, 0.717) is 75.2 Å². The van der Waals surface area contributed by atoms with Gasteiger partial charge in [-0.2, -0.15) is 0 Å². The average Bonchev–Trinajstić information content (AvgIpc) is 3.42. The van der Waals surface area contributed by atoms with Gasteiger partial charge in [0.15, 0.2) is 0 Å². The highest BCUT2D eigenvalue weighted by molar-refractivity contribution is 6.39. The molecular formula is C30H31Cl2N7O3. The van der Waals surface area contributed by atoms with Gasteiger partial charge in [0, 0.05) is 53.8 Å². The van der Waals surface area contributed by atoms with Gasteiger partial charge in [-0.05, 0) is 13.3 Å². The maximum absolute atomic E-state index is 11.4. The molecule has 3 heterocycles. The first-order chi connectivity index (χ1) is 20.3. The van der Waals surface area contributed by atoms with E-state index in [1.165, 1.54) is 7.11 Å². The summed E-state index contributed by atoms with van der Waals surface area (Å²) in [6.07, 6.45) is 4.68. The Morgan fingerprint density at radius 2 is 1.52 bits per heavy atom. The van der Waals surface area contributed by atoms with Crippen molar-refractivity contribution in [2.75, 3.05) is 20.8 Å². The van der Waals surface area contributed by atoms with Gasteiger partial charge < -0.3 is 25.8 Å². The molecule has 4 N–H and O–H groups in total. The van der Waals surface area contributed by atoms with Crippen LogP contribution in [0.4, 0.5) is 0 Å². The number of methoxy groups -OCH3 is 2. The Bertz CT molecular complexity index is 1620. The third-order valence-electron chi connectivity index (χ3n) is 7.00. The van der Waals surface area contributed by atoms with Crippen LogP contribution < -0.4 is 25.8 Å². The van der Waals surface area contributed by atoms with Crippen LogP contribution >= 0.6 is 23.2 Å². The summed E-state index contributed by atoms with van der Waals surface area (Å²) < 4.78 is 11.0. The minimum absolute atomic E-state index is 0.0837. The maximum Gasteiger partial charge on any atom is 0.237 e. The lowest BCUT2D eigenvalue weighted by atomic mass is 9.98. The van der Waals surface area contributed by atoms with Crippen molar-refractivity contribution in [1.82, 2.24) is 30.6 Å². The second kappa shape index (κ2) is 13.0. The predicted octanol–water partition coefficient (Wildman–Crippen LogP) is 4.98. The molecule has 218 valence electrons. The Balaban J connectivity index is 1.43. The largest absolute Gasteiger partial charge is 0.480 e. The summed E-state index contributed by atoms with van der Waals surface area (Å²) in [4.78, 5) is 29.8. The van der Waals surface area contributed by atoms with Gasteiger partial charge in [-0.3, -0.25) is 14.8 Å². The van der Waals surface area contributed by atoms with Gasteiger partial charge in [-0.1, -0.05) is 59.6 Å². The third kappa shape index (κ3) is 6.17. The molecule has 0 bridgehead atoms. The van der Waals surface area contributed by atoms with Crippen molar-refractivity contribution in [3.8, 4) is 45.4 Å². The minimum atomic E-state index is -0.335. The first-order valence-electron chi connectivity index (χ1n) is 13.4. The number of halogens is 2. The first-order valence-corrected chi connectivity index (χ1v) is 14.2. The number of benzene rings is 2. The van der Waals surface area contributed by atoms with Gasteiger partial charge in [0.2, 0.25) is 17.7 Å². The standard InChI is InChI=1S/C30H31Cl2N7O3/c1-16(33)28-30(42-3)39-23(15-36-28)21-9-5-7-19(27(21)32)18-6-4-8-20(26(18)31)22-14-35-24(29(38-22)41-2)13-34-12-17-10-11-25(40)37-17/h4-9,14-17,34H,10-13,33H2,1-3H3,(H,37,40)/t16-,17?/m1/s1. The number of nitrogens with zero attached hydrogens (tertiary/aromatic N) is 4. The van der Waals surface area contributed by atoms with Crippen LogP contribution in [0.2, 0.25) is 10.0 Å². The third-order valence-corrected chi connectivity index (χ3v) is 7.82. The van der Waals surface area contributed by atoms with Crippen LogP contribution in [0.25, 0.3) is 33.6 Å². The molecule has 1 saturated heterocycles. The smallest absolute Gasteiger partial charge is 0.237 e. The van der Waals surface area contributed by atoms with Crippen molar-refractivity contribution in [1.29, 1.82) is 0 Å². The summed E-state index contributed by atoms with van der Waals surface area (Å²) in [5.41, 5.74) is 11.1. The number of rotatable bonds is 10. The normalized spacial score (nSPS) is 15.4. The summed E-state index contributed by atoms with van der Waals surface area (Å²) >= 11 is 13.9. The van der Waals surface area contributed by atoms with E-state index in [1.807, 2.05) is 43.3 Å². The Kier molecular flexibility index (Phi) is 9.18. The van der Waals surface area contributed by atoms with Crippen LogP contribution in [0.1, 0.15) is 37.2 Å². The lowest BCUT2D eigenvalue weighted by molar-refractivity contribution is -0.119. The van der Waals surface area contributed by atoms with E-state index in [4.69, 9.17) is 43.4 Å². The zero-order valence-electron chi connectivity index (χ0n) is 23.4. The summed E-state index contributed by atoms with van der Waals surface area (Å²) in [5.74, 6) is 0.820. The van der Waals surface area contributed by atoms with Gasteiger partial charge in [-0.25, -0.2) is 9.97 Å². The van der Waals surface area contributed by atoms with Crippen molar-refractivity contribution >= 4 is 29.1 Å². The summed E-state index contributed by atoms with van der Waals surface area (Å²) in [5, 5.41) is 7.19. The summed E-state index contributed by atoms with van der Waals surface area (Å²) in [7, 11) is 3.08. The Morgan fingerprint density at radius 3 is 2.07 bits per heavy atom. The zero-order chi connectivity index (χ0) is 29.8. The number of carbonyl (C=O) groups excluding carboxylic acids is 1. The van der Waals surface area contributed by atoms with Gasteiger partial charge in [-0.15, -0.1) is 0 Å². The van der Waals surface area contributed by atoms with Crippen LogP contribution in [0.5, 0.6) is 11.8 Å². The number of carbonyl (C=O) groups is 1. The van der Waals surface area contributed by atoms with Crippen molar-refractivity contribution in [2.45, 2.75) is 38.4 Å². The monoisotopic (exact) mass is 607 g/mol. The molecule has 1 fully saturated rings. The molecule has 1 aliphatic rings. The molecule has 4 aromatic rings. The zero-order valence-corrected chi connectivity index (χ0v) is 25.0. The molecule has 42 heavy (non-hydrogen) atoms. The van der Waals surface area contributed by atoms with Gasteiger partial charge in [0.1, 0.15) is 11.4 Å². The van der Waals surface area contributed by atoms with Gasteiger partial charge in [0.05, 0.1) is 48.0 Å². The highest BCUT2D eigenvalue weighted by Gasteiger charge is 2.22. The maximum atomic E-state index is 11.4. The van der Waals surface area contributed by atoms with Crippen molar-refractivity contribution in [3.05, 3.63) is 70.2 Å². The number of nitrogens with one attached hydrogen (secondary N) is 2. The molecular weight excluding hydrogens is 577 g/mol. The molecule has 0 radical (unpaired) electrons. The predicted molar refractivity (Wildman–Crippen MR) is 163 cm³/mol. The molecule has 1 unspecified atom stereocenters. The van der Waals surface area contributed by atoms with E-state index in [2.05, 4.69) is 25.6 Å². The number of hydrogen-bond donors (Lipinski definition) is 3. The molecule has 2 aromatic heterocycles. The van der Waals surface area contributed by atoms with Crippen LogP contribution in [0, 0.1) is 0 Å². The van der Waals surface area contributed by atoms with E-state index in [0.717, 1.165) is 17.5 Å². The van der Waals surface area contributed by atoms with Crippen molar-refractivity contribution in [3.63, 3.8) is 0 Å². The second-order valence-electron chi connectivity index (χ2n) is 9.92. The van der Waals surface area contributed by atoms with Gasteiger partial charge in [0.25, 0.3) is 0 Å². The second-order valence-corrected chi connectivity index (χ2v) is 10.7. The Labute approximate surface area is 254 Å². The fourth-order valence-corrected chi connectivity index (χ4v) is 5.51. The molecule has 0 spiro atoms. The highest BCUT2D eigenvalue weighted by atomic mass is 35.5. The molecule has 2 atom stereocenters. The molecule has 0 saturated carbocycles.